The quantitative estimate of drug-likeness (QED) is 0.476. The van der Waals surface area contributed by atoms with Crippen LogP contribution in [-0.4, -0.2) is 0 Å². The summed E-state index contributed by atoms with van der Waals surface area (Å²) in [6.45, 7) is 17.1. The van der Waals surface area contributed by atoms with Gasteiger partial charge in [-0.2, -0.15) is 0 Å². The van der Waals surface area contributed by atoms with Crippen molar-refractivity contribution in [3.05, 3.63) is 49.2 Å². The third-order valence-corrected chi connectivity index (χ3v) is 0.969. The van der Waals surface area contributed by atoms with E-state index < -0.39 is 0 Å². The molecule has 0 atom stereocenters. The van der Waals surface area contributed by atoms with E-state index in [1.54, 1.807) is 0 Å². The molecule has 0 bridgehead atoms. The molecule has 11 heavy (non-hydrogen) atoms. The predicted octanol–water partition coefficient (Wildman–Crippen LogP) is 2.78. The van der Waals surface area contributed by atoms with E-state index >= 15 is 0 Å². The highest BCUT2D eigenvalue weighted by Crippen LogP contribution is 2.02. The molecule has 0 aromatic heterocycles. The molecule has 0 saturated carbocycles. The molecule has 0 aromatic carbocycles. The molecule has 0 saturated heterocycles. The van der Waals surface area contributed by atoms with Crippen LogP contribution in [0.4, 0.5) is 0 Å². The Labute approximate surface area is 69.6 Å². The van der Waals surface area contributed by atoms with Crippen molar-refractivity contribution in [1.29, 1.82) is 0 Å². The second-order valence-corrected chi connectivity index (χ2v) is 2.20. The zero-order chi connectivity index (χ0) is 9.44. The van der Waals surface area contributed by atoms with Crippen LogP contribution < -0.4 is 5.73 Å². The predicted molar refractivity (Wildman–Crippen MR) is 53.2 cm³/mol. The second kappa shape index (κ2) is 6.87. The molecule has 1 heteroatoms. The molecule has 0 unspecified atom stereocenters. The van der Waals surface area contributed by atoms with Crippen molar-refractivity contribution >= 4 is 0 Å². The van der Waals surface area contributed by atoms with Crippen molar-refractivity contribution in [2.24, 2.45) is 5.73 Å². The Balaban J connectivity index is 0. The second-order valence-electron chi connectivity index (χ2n) is 2.20. The molecule has 0 aliphatic heterocycles. The highest BCUT2D eigenvalue weighted by atomic mass is 14.6. The van der Waals surface area contributed by atoms with Gasteiger partial charge in [0.2, 0.25) is 0 Å². The van der Waals surface area contributed by atoms with Crippen molar-refractivity contribution in [1.82, 2.24) is 0 Å². The molecule has 0 radical (unpaired) electrons. The Kier molecular flexibility index (Phi) is 7.77. The van der Waals surface area contributed by atoms with Crippen molar-refractivity contribution in [2.75, 3.05) is 0 Å². The van der Waals surface area contributed by atoms with Crippen molar-refractivity contribution in [3.63, 3.8) is 0 Å². The SMILES string of the molecule is C=C.C=C(C)/C=C(\C)C(=C)N. The zero-order valence-electron chi connectivity index (χ0n) is 7.48. The van der Waals surface area contributed by atoms with Gasteiger partial charge in [-0.25, -0.2) is 0 Å². The number of allylic oxidation sites excluding steroid dienone is 3. The lowest BCUT2D eigenvalue weighted by Crippen LogP contribution is -1.95. The van der Waals surface area contributed by atoms with E-state index in [4.69, 9.17) is 5.73 Å². The van der Waals surface area contributed by atoms with E-state index in [2.05, 4.69) is 26.3 Å². The first-order valence-corrected chi connectivity index (χ1v) is 3.32. The van der Waals surface area contributed by atoms with Gasteiger partial charge in [-0.3, -0.25) is 0 Å². The Bertz CT molecular complexity index is 175. The number of hydrogen-bond acceptors (Lipinski definition) is 1. The largest absolute Gasteiger partial charge is 0.399 e. The molecule has 1 nitrogen and oxygen atoms in total. The highest BCUT2D eigenvalue weighted by Gasteiger charge is 1.87. The molecule has 0 heterocycles. The smallest absolute Gasteiger partial charge is 0.0270 e. The molecular formula is C10H17N. The van der Waals surface area contributed by atoms with Crippen LogP contribution in [-0.2, 0) is 0 Å². The molecule has 0 aliphatic carbocycles. The van der Waals surface area contributed by atoms with Gasteiger partial charge in [0.1, 0.15) is 0 Å². The number of nitrogens with two attached hydrogens (primary N) is 1. The van der Waals surface area contributed by atoms with Crippen LogP contribution in [0.25, 0.3) is 0 Å². The van der Waals surface area contributed by atoms with Gasteiger partial charge in [0.15, 0.2) is 0 Å². The molecule has 0 fully saturated rings. The fourth-order valence-corrected chi connectivity index (χ4v) is 0.462. The summed E-state index contributed by atoms with van der Waals surface area (Å²) in [4.78, 5) is 0. The first-order chi connectivity index (χ1) is 5.04. The van der Waals surface area contributed by atoms with Gasteiger partial charge in [0.25, 0.3) is 0 Å². The maximum absolute atomic E-state index is 5.38. The Morgan fingerprint density at radius 1 is 1.18 bits per heavy atom. The lowest BCUT2D eigenvalue weighted by Gasteiger charge is -1.96. The minimum absolute atomic E-state index is 0.609. The summed E-state index contributed by atoms with van der Waals surface area (Å²) in [5.41, 5.74) is 7.98. The molecular weight excluding hydrogens is 134 g/mol. The summed E-state index contributed by atoms with van der Waals surface area (Å²) < 4.78 is 0. The molecule has 0 aromatic rings. The third kappa shape index (κ3) is 8.76. The lowest BCUT2D eigenvalue weighted by molar-refractivity contribution is 1.29. The highest BCUT2D eigenvalue weighted by molar-refractivity contribution is 5.29. The van der Waals surface area contributed by atoms with Crippen LogP contribution >= 0.6 is 0 Å². The average molecular weight is 151 g/mol. The maximum atomic E-state index is 5.38. The molecule has 62 valence electrons. The van der Waals surface area contributed by atoms with E-state index in [0.29, 0.717) is 5.70 Å². The van der Waals surface area contributed by atoms with Crippen molar-refractivity contribution in [3.8, 4) is 0 Å². The standard InChI is InChI=1S/C8H13N.C2H4/c1-6(2)5-7(3)8(4)9;1-2/h5H,1,4,9H2,2-3H3;1-2H2/b7-5+;. The van der Waals surface area contributed by atoms with Gasteiger partial charge in [-0.05, 0) is 19.4 Å². The normalized spacial score (nSPS) is 9.45. The topological polar surface area (TPSA) is 26.0 Å². The van der Waals surface area contributed by atoms with E-state index in [-0.39, 0.29) is 0 Å². The summed E-state index contributed by atoms with van der Waals surface area (Å²) in [6.07, 6.45) is 1.91. The van der Waals surface area contributed by atoms with E-state index in [1.807, 2.05) is 19.9 Å². The lowest BCUT2D eigenvalue weighted by atomic mass is 10.2. The van der Waals surface area contributed by atoms with Crippen LogP contribution in [0.1, 0.15) is 13.8 Å². The van der Waals surface area contributed by atoms with Crippen LogP contribution in [0.15, 0.2) is 49.2 Å². The molecule has 2 N–H and O–H groups in total. The number of rotatable bonds is 2. The van der Waals surface area contributed by atoms with Crippen LogP contribution in [0.2, 0.25) is 0 Å². The monoisotopic (exact) mass is 151 g/mol. The van der Waals surface area contributed by atoms with E-state index in [9.17, 15) is 0 Å². The average Bonchev–Trinajstić information content (AvgIpc) is 1.90. The first-order valence-electron chi connectivity index (χ1n) is 3.32. The summed E-state index contributed by atoms with van der Waals surface area (Å²) in [7, 11) is 0. The van der Waals surface area contributed by atoms with E-state index in [0.717, 1.165) is 11.1 Å². The first kappa shape index (κ1) is 12.4. The fourth-order valence-electron chi connectivity index (χ4n) is 0.462. The minimum Gasteiger partial charge on any atom is -0.399 e. The molecule has 0 rings (SSSR count). The van der Waals surface area contributed by atoms with Gasteiger partial charge < -0.3 is 5.73 Å². The van der Waals surface area contributed by atoms with Gasteiger partial charge in [0.05, 0.1) is 0 Å². The van der Waals surface area contributed by atoms with Gasteiger partial charge in [-0.1, -0.05) is 24.8 Å². The fraction of sp³-hybridized carbons (Fsp3) is 0.200. The van der Waals surface area contributed by atoms with Gasteiger partial charge in [-0.15, -0.1) is 13.2 Å². The van der Waals surface area contributed by atoms with Crippen molar-refractivity contribution in [2.45, 2.75) is 13.8 Å². The number of hydrogen-bond donors (Lipinski definition) is 1. The summed E-state index contributed by atoms with van der Waals surface area (Å²) in [5.74, 6) is 0. The van der Waals surface area contributed by atoms with Gasteiger partial charge >= 0.3 is 0 Å². The molecule has 0 amide bonds. The van der Waals surface area contributed by atoms with Crippen LogP contribution in [0.3, 0.4) is 0 Å². The zero-order valence-corrected chi connectivity index (χ0v) is 7.48. The Morgan fingerprint density at radius 2 is 1.55 bits per heavy atom. The van der Waals surface area contributed by atoms with Gasteiger partial charge in [0, 0.05) is 5.70 Å². The Hall–Kier alpha value is -1.24. The van der Waals surface area contributed by atoms with E-state index in [1.165, 1.54) is 0 Å². The molecule has 0 aliphatic rings. The minimum atomic E-state index is 0.609. The third-order valence-electron chi connectivity index (χ3n) is 0.969. The van der Waals surface area contributed by atoms with Crippen LogP contribution in [0, 0.1) is 0 Å². The Morgan fingerprint density at radius 3 is 1.64 bits per heavy atom. The summed E-state index contributed by atoms with van der Waals surface area (Å²) in [6, 6.07) is 0. The summed E-state index contributed by atoms with van der Waals surface area (Å²) in [5, 5.41) is 0. The van der Waals surface area contributed by atoms with Crippen molar-refractivity contribution < 1.29 is 0 Å². The summed E-state index contributed by atoms with van der Waals surface area (Å²) >= 11 is 0. The van der Waals surface area contributed by atoms with Crippen LogP contribution in [0.5, 0.6) is 0 Å². The maximum Gasteiger partial charge on any atom is 0.0270 e. The molecule has 0 spiro atoms.